The first-order chi connectivity index (χ1) is 12.3. The lowest BCUT2D eigenvalue weighted by Crippen LogP contribution is -2.39. The van der Waals surface area contributed by atoms with E-state index in [1.165, 1.54) is 10.5 Å². The van der Waals surface area contributed by atoms with Crippen LogP contribution in [-0.4, -0.2) is 38.6 Å². The molecule has 0 saturated heterocycles. The summed E-state index contributed by atoms with van der Waals surface area (Å²) in [6, 6.07) is 16.5. The molecular formula is C19H23N3O2S. The molecule has 0 atom stereocenters. The number of hydrogen-bond donors (Lipinski definition) is 2. The van der Waals surface area contributed by atoms with Gasteiger partial charge in [-0.2, -0.15) is 0 Å². The van der Waals surface area contributed by atoms with Crippen molar-refractivity contribution in [3.05, 3.63) is 54.1 Å². The van der Waals surface area contributed by atoms with Gasteiger partial charge in [-0.3, -0.25) is 4.99 Å². The zero-order valence-corrected chi connectivity index (χ0v) is 15.1. The highest BCUT2D eigenvalue weighted by atomic mass is 32.2. The van der Waals surface area contributed by atoms with E-state index in [1.54, 1.807) is 7.05 Å². The third-order valence-electron chi connectivity index (χ3n) is 3.77. The molecule has 6 heteroatoms. The maximum atomic E-state index is 5.41. The monoisotopic (exact) mass is 357 g/mol. The summed E-state index contributed by atoms with van der Waals surface area (Å²) in [5.74, 6) is 3.48. The van der Waals surface area contributed by atoms with E-state index in [0.29, 0.717) is 6.79 Å². The summed E-state index contributed by atoms with van der Waals surface area (Å²) < 4.78 is 10.7. The lowest BCUT2D eigenvalue weighted by molar-refractivity contribution is 0.174. The van der Waals surface area contributed by atoms with Crippen LogP contribution >= 0.6 is 11.8 Å². The standard InChI is InChI=1S/C19H23N3O2S/c1-20-19(22-11-12-25-16-5-3-2-4-6-16)21-10-9-15-7-8-17-18(13-15)24-14-23-17/h2-8,13H,9-12,14H2,1H3,(H2,20,21,22). The fourth-order valence-corrected chi connectivity index (χ4v) is 3.29. The second kappa shape index (κ2) is 9.22. The van der Waals surface area contributed by atoms with Gasteiger partial charge in [0.15, 0.2) is 17.5 Å². The molecule has 0 radical (unpaired) electrons. The van der Waals surface area contributed by atoms with Crippen molar-refractivity contribution < 1.29 is 9.47 Å². The van der Waals surface area contributed by atoms with Gasteiger partial charge in [0.25, 0.3) is 0 Å². The number of benzene rings is 2. The van der Waals surface area contributed by atoms with E-state index >= 15 is 0 Å². The Balaban J connectivity index is 1.35. The first kappa shape index (κ1) is 17.5. The number of thioether (sulfide) groups is 1. The molecule has 3 rings (SSSR count). The third-order valence-corrected chi connectivity index (χ3v) is 4.79. The third kappa shape index (κ3) is 5.32. The molecule has 132 valence electrons. The van der Waals surface area contributed by atoms with Crippen molar-refractivity contribution in [2.24, 2.45) is 4.99 Å². The minimum absolute atomic E-state index is 0.314. The topological polar surface area (TPSA) is 54.9 Å². The number of ether oxygens (including phenoxy) is 2. The van der Waals surface area contributed by atoms with Crippen LogP contribution in [0.4, 0.5) is 0 Å². The van der Waals surface area contributed by atoms with Gasteiger partial charge in [-0.25, -0.2) is 0 Å². The van der Waals surface area contributed by atoms with Gasteiger partial charge < -0.3 is 20.1 Å². The van der Waals surface area contributed by atoms with Crippen molar-refractivity contribution in [3.63, 3.8) is 0 Å². The lowest BCUT2D eigenvalue weighted by Gasteiger charge is -2.12. The van der Waals surface area contributed by atoms with Gasteiger partial charge in [0.2, 0.25) is 6.79 Å². The molecular weight excluding hydrogens is 334 g/mol. The van der Waals surface area contributed by atoms with Crippen LogP contribution in [0.2, 0.25) is 0 Å². The number of hydrogen-bond acceptors (Lipinski definition) is 4. The van der Waals surface area contributed by atoms with E-state index in [-0.39, 0.29) is 0 Å². The van der Waals surface area contributed by atoms with Crippen LogP contribution in [-0.2, 0) is 6.42 Å². The van der Waals surface area contributed by atoms with Gasteiger partial charge in [0.1, 0.15) is 0 Å². The summed E-state index contributed by atoms with van der Waals surface area (Å²) in [4.78, 5) is 5.55. The Hall–Kier alpha value is -2.34. The van der Waals surface area contributed by atoms with Gasteiger partial charge >= 0.3 is 0 Å². The number of guanidine groups is 1. The quantitative estimate of drug-likeness (QED) is 0.345. The molecule has 2 aromatic carbocycles. The first-order valence-corrected chi connectivity index (χ1v) is 9.34. The van der Waals surface area contributed by atoms with Gasteiger partial charge in [0.05, 0.1) is 0 Å². The van der Waals surface area contributed by atoms with Crippen molar-refractivity contribution >= 4 is 17.7 Å². The number of rotatable bonds is 7. The molecule has 2 N–H and O–H groups in total. The van der Waals surface area contributed by atoms with E-state index in [0.717, 1.165) is 42.7 Å². The summed E-state index contributed by atoms with van der Waals surface area (Å²) in [5.41, 5.74) is 1.21. The Morgan fingerprint density at radius 2 is 1.84 bits per heavy atom. The molecule has 0 aromatic heterocycles. The van der Waals surface area contributed by atoms with Crippen molar-refractivity contribution in [3.8, 4) is 11.5 Å². The zero-order valence-electron chi connectivity index (χ0n) is 14.3. The van der Waals surface area contributed by atoms with E-state index < -0.39 is 0 Å². The summed E-state index contributed by atoms with van der Waals surface area (Å²) >= 11 is 1.83. The predicted octanol–water partition coefficient (Wildman–Crippen LogP) is 2.92. The van der Waals surface area contributed by atoms with E-state index in [2.05, 4.69) is 46.0 Å². The van der Waals surface area contributed by atoms with Gasteiger partial charge in [-0.1, -0.05) is 24.3 Å². The zero-order chi connectivity index (χ0) is 17.3. The highest BCUT2D eigenvalue weighted by Crippen LogP contribution is 2.32. The molecule has 1 heterocycles. The largest absolute Gasteiger partial charge is 0.454 e. The Bertz CT molecular complexity index is 707. The minimum Gasteiger partial charge on any atom is -0.454 e. The Labute approximate surface area is 152 Å². The molecule has 0 amide bonds. The first-order valence-electron chi connectivity index (χ1n) is 8.36. The Kier molecular flexibility index (Phi) is 6.45. The average Bonchev–Trinajstić information content (AvgIpc) is 3.12. The van der Waals surface area contributed by atoms with Crippen LogP contribution in [0.15, 0.2) is 58.4 Å². The molecule has 1 aliphatic rings. The molecule has 1 aliphatic heterocycles. The summed E-state index contributed by atoms with van der Waals surface area (Å²) in [5, 5.41) is 6.68. The molecule has 0 spiro atoms. The SMILES string of the molecule is CN=C(NCCSc1ccccc1)NCCc1ccc2c(c1)OCO2. The highest BCUT2D eigenvalue weighted by molar-refractivity contribution is 7.99. The fourth-order valence-electron chi connectivity index (χ4n) is 2.50. The smallest absolute Gasteiger partial charge is 0.231 e. The van der Waals surface area contributed by atoms with Gasteiger partial charge in [-0.05, 0) is 36.2 Å². The second-order valence-electron chi connectivity index (χ2n) is 5.52. The molecule has 2 aromatic rings. The van der Waals surface area contributed by atoms with Crippen molar-refractivity contribution in [2.45, 2.75) is 11.3 Å². The van der Waals surface area contributed by atoms with E-state index in [1.807, 2.05) is 30.0 Å². The number of aliphatic imine (C=N–C) groups is 1. The summed E-state index contributed by atoms with van der Waals surface area (Å²) in [6.07, 6.45) is 0.899. The van der Waals surface area contributed by atoms with Crippen molar-refractivity contribution in [1.82, 2.24) is 10.6 Å². The van der Waals surface area contributed by atoms with E-state index in [9.17, 15) is 0 Å². The number of nitrogens with one attached hydrogen (secondary N) is 2. The predicted molar refractivity (Wildman–Crippen MR) is 103 cm³/mol. The molecule has 5 nitrogen and oxygen atoms in total. The maximum absolute atomic E-state index is 5.41. The molecule has 0 bridgehead atoms. The molecule has 0 saturated carbocycles. The highest BCUT2D eigenvalue weighted by Gasteiger charge is 2.12. The average molecular weight is 357 g/mol. The van der Waals surface area contributed by atoms with Crippen LogP contribution in [0.25, 0.3) is 0 Å². The fraction of sp³-hybridized carbons (Fsp3) is 0.316. The lowest BCUT2D eigenvalue weighted by atomic mass is 10.1. The van der Waals surface area contributed by atoms with Crippen molar-refractivity contribution in [1.29, 1.82) is 0 Å². The van der Waals surface area contributed by atoms with Crippen LogP contribution in [0.1, 0.15) is 5.56 Å². The van der Waals surface area contributed by atoms with Gasteiger partial charge in [-0.15, -0.1) is 11.8 Å². The molecule has 0 unspecified atom stereocenters. The van der Waals surface area contributed by atoms with Crippen molar-refractivity contribution in [2.75, 3.05) is 32.7 Å². The van der Waals surface area contributed by atoms with Gasteiger partial charge in [0, 0.05) is 30.8 Å². The normalized spacial score (nSPS) is 12.9. The van der Waals surface area contributed by atoms with Crippen LogP contribution in [0, 0.1) is 0 Å². The Morgan fingerprint density at radius 3 is 2.68 bits per heavy atom. The second-order valence-corrected chi connectivity index (χ2v) is 6.69. The number of fused-ring (bicyclic) bond motifs is 1. The summed E-state index contributed by atoms with van der Waals surface area (Å²) in [6.45, 7) is 1.99. The Morgan fingerprint density at radius 1 is 1.04 bits per heavy atom. The van der Waals surface area contributed by atoms with Crippen LogP contribution < -0.4 is 20.1 Å². The number of nitrogens with zero attached hydrogens (tertiary/aromatic N) is 1. The maximum Gasteiger partial charge on any atom is 0.231 e. The molecule has 0 fully saturated rings. The van der Waals surface area contributed by atoms with Crippen LogP contribution in [0.5, 0.6) is 11.5 Å². The minimum atomic E-state index is 0.314. The summed E-state index contributed by atoms with van der Waals surface area (Å²) in [7, 11) is 1.79. The van der Waals surface area contributed by atoms with Crippen LogP contribution in [0.3, 0.4) is 0 Å². The molecule has 25 heavy (non-hydrogen) atoms. The van der Waals surface area contributed by atoms with E-state index in [4.69, 9.17) is 9.47 Å². The molecule has 0 aliphatic carbocycles.